The molecule has 7 nitrogen and oxygen atoms in total. The van der Waals surface area contributed by atoms with Crippen LogP contribution in [0.25, 0.3) is 0 Å². The number of rotatable bonds is 9. The number of hydrogen-bond donors (Lipinski definition) is 2. The quantitative estimate of drug-likeness (QED) is 0.546. The number of sulfonamides is 2. The van der Waals surface area contributed by atoms with Gasteiger partial charge in [-0.25, -0.2) is 31.1 Å². The Kier molecular flexibility index (Phi) is 8.00. The Labute approximate surface area is 197 Å². The van der Waals surface area contributed by atoms with Crippen LogP contribution in [0.4, 0.5) is 10.1 Å². The molecule has 33 heavy (non-hydrogen) atoms. The molecule has 0 aliphatic carbocycles. The lowest BCUT2D eigenvalue weighted by Gasteiger charge is -2.40. The van der Waals surface area contributed by atoms with Gasteiger partial charge in [-0.15, -0.1) is 0 Å². The number of benzene rings is 2. The third kappa shape index (κ3) is 7.23. The molecule has 0 heterocycles. The SMILES string of the molecule is CCC(C)(C)N(CCc1ccc(S(N)(=O)=O)cc1)c1cc(S(=O)(=O)NC(C)(C)C)ccc1F. The van der Waals surface area contributed by atoms with E-state index in [4.69, 9.17) is 5.14 Å². The highest BCUT2D eigenvalue weighted by molar-refractivity contribution is 7.89. The number of primary sulfonamides is 1. The van der Waals surface area contributed by atoms with Crippen LogP contribution in [0.2, 0.25) is 0 Å². The first-order chi connectivity index (χ1) is 15.0. The zero-order valence-corrected chi connectivity index (χ0v) is 21.6. The molecule has 2 aromatic carbocycles. The van der Waals surface area contributed by atoms with Gasteiger partial charge in [0.1, 0.15) is 5.82 Å². The molecule has 0 unspecified atom stereocenters. The van der Waals surface area contributed by atoms with Gasteiger partial charge in [0.2, 0.25) is 20.0 Å². The highest BCUT2D eigenvalue weighted by Crippen LogP contribution is 2.31. The molecule has 0 bridgehead atoms. The molecule has 2 rings (SSSR count). The molecular weight excluding hydrogens is 465 g/mol. The average Bonchev–Trinajstić information content (AvgIpc) is 2.67. The zero-order chi connectivity index (χ0) is 25.2. The van der Waals surface area contributed by atoms with E-state index >= 15 is 0 Å². The number of nitrogens with zero attached hydrogens (tertiary/aromatic N) is 1. The van der Waals surface area contributed by atoms with Crippen LogP contribution in [0.1, 0.15) is 53.5 Å². The second kappa shape index (κ2) is 9.69. The number of hydrogen-bond acceptors (Lipinski definition) is 5. The fourth-order valence-corrected chi connectivity index (χ4v) is 5.31. The normalized spacial score (nSPS) is 13.2. The van der Waals surface area contributed by atoms with Gasteiger partial charge in [-0.1, -0.05) is 19.1 Å². The summed E-state index contributed by atoms with van der Waals surface area (Å²) in [6, 6.07) is 10.0. The Bertz CT molecular complexity index is 1190. The number of nitrogens with two attached hydrogens (primary N) is 1. The Morgan fingerprint density at radius 1 is 0.939 bits per heavy atom. The summed E-state index contributed by atoms with van der Waals surface area (Å²) >= 11 is 0. The smallest absolute Gasteiger partial charge is 0.241 e. The van der Waals surface area contributed by atoms with Crippen molar-refractivity contribution in [1.82, 2.24) is 4.72 Å². The molecule has 184 valence electrons. The molecule has 0 spiro atoms. The lowest BCUT2D eigenvalue weighted by atomic mass is 9.97. The van der Waals surface area contributed by atoms with E-state index in [1.54, 1.807) is 32.9 Å². The Morgan fingerprint density at radius 3 is 1.97 bits per heavy atom. The molecule has 0 radical (unpaired) electrons. The van der Waals surface area contributed by atoms with Crippen LogP contribution in [0.15, 0.2) is 52.3 Å². The Hall–Kier alpha value is -2.01. The minimum absolute atomic E-state index is 0.0109. The van der Waals surface area contributed by atoms with Crippen LogP contribution >= 0.6 is 0 Å². The first-order valence-electron chi connectivity index (χ1n) is 10.7. The van der Waals surface area contributed by atoms with Crippen molar-refractivity contribution in [2.75, 3.05) is 11.4 Å². The molecule has 3 N–H and O–H groups in total. The van der Waals surface area contributed by atoms with Gasteiger partial charge in [0, 0.05) is 17.6 Å². The van der Waals surface area contributed by atoms with Gasteiger partial charge >= 0.3 is 0 Å². The summed E-state index contributed by atoms with van der Waals surface area (Å²) in [7, 11) is -7.62. The maximum Gasteiger partial charge on any atom is 0.241 e. The van der Waals surface area contributed by atoms with E-state index in [0.29, 0.717) is 19.4 Å². The topological polar surface area (TPSA) is 110 Å². The number of anilines is 1. The van der Waals surface area contributed by atoms with E-state index in [1.165, 1.54) is 30.3 Å². The summed E-state index contributed by atoms with van der Waals surface area (Å²) in [5, 5.41) is 5.15. The fourth-order valence-electron chi connectivity index (χ4n) is 3.36. The van der Waals surface area contributed by atoms with Crippen LogP contribution in [-0.2, 0) is 26.5 Å². The van der Waals surface area contributed by atoms with Crippen molar-refractivity contribution in [3.63, 3.8) is 0 Å². The maximum atomic E-state index is 15.0. The van der Waals surface area contributed by atoms with Crippen molar-refractivity contribution in [2.45, 2.75) is 75.3 Å². The van der Waals surface area contributed by atoms with Gasteiger partial charge in [0.05, 0.1) is 15.5 Å². The van der Waals surface area contributed by atoms with E-state index in [2.05, 4.69) is 4.72 Å². The van der Waals surface area contributed by atoms with E-state index in [0.717, 1.165) is 5.56 Å². The fraction of sp³-hybridized carbons (Fsp3) is 0.478. The lowest BCUT2D eigenvalue weighted by molar-refractivity contribution is 0.437. The van der Waals surface area contributed by atoms with Crippen molar-refractivity contribution in [2.24, 2.45) is 5.14 Å². The number of halogens is 1. The van der Waals surface area contributed by atoms with Crippen molar-refractivity contribution in [1.29, 1.82) is 0 Å². The first-order valence-corrected chi connectivity index (χ1v) is 13.7. The van der Waals surface area contributed by atoms with E-state index in [9.17, 15) is 21.2 Å². The minimum Gasteiger partial charge on any atom is -0.364 e. The molecule has 0 saturated heterocycles. The standard InChI is InChI=1S/C23H34FN3O4S2/c1-7-23(5,6)27(15-14-17-8-10-18(11-9-17)32(25,28)29)21-16-19(12-13-20(21)24)33(30,31)26-22(2,3)4/h8-13,16,26H,7,14-15H2,1-6H3,(H2,25,28,29). The third-order valence-electron chi connectivity index (χ3n) is 5.43. The molecular formula is C23H34FN3O4S2. The molecule has 0 atom stereocenters. The van der Waals surface area contributed by atoms with Crippen LogP contribution in [0.3, 0.4) is 0 Å². The molecule has 0 saturated carbocycles. The van der Waals surface area contributed by atoms with Crippen LogP contribution in [0.5, 0.6) is 0 Å². The summed E-state index contributed by atoms with van der Waals surface area (Å²) in [5.74, 6) is -0.518. The van der Waals surface area contributed by atoms with Crippen molar-refractivity contribution in [3.8, 4) is 0 Å². The molecule has 0 aliphatic rings. The molecule has 0 amide bonds. The van der Waals surface area contributed by atoms with Gasteiger partial charge in [-0.2, -0.15) is 0 Å². The Morgan fingerprint density at radius 2 is 1.48 bits per heavy atom. The second-order valence-electron chi connectivity index (χ2n) is 9.73. The molecule has 0 aliphatic heterocycles. The largest absolute Gasteiger partial charge is 0.364 e. The van der Waals surface area contributed by atoms with Crippen LogP contribution in [-0.4, -0.2) is 34.5 Å². The van der Waals surface area contributed by atoms with E-state index < -0.39 is 36.9 Å². The predicted octanol–water partition coefficient (Wildman–Crippen LogP) is 3.79. The Balaban J connectivity index is 2.42. The third-order valence-corrected chi connectivity index (χ3v) is 8.12. The number of nitrogens with one attached hydrogen (secondary N) is 1. The van der Waals surface area contributed by atoms with Gasteiger partial charge in [-0.3, -0.25) is 0 Å². The lowest BCUT2D eigenvalue weighted by Crippen LogP contribution is -2.45. The summed E-state index contributed by atoms with van der Waals surface area (Å²) < 4.78 is 66.2. The van der Waals surface area contributed by atoms with Gasteiger partial charge in [-0.05, 0) is 83.4 Å². The molecule has 10 heteroatoms. The van der Waals surface area contributed by atoms with Crippen molar-refractivity contribution in [3.05, 3.63) is 53.8 Å². The van der Waals surface area contributed by atoms with Gasteiger partial charge in [0.25, 0.3) is 0 Å². The molecule has 0 aromatic heterocycles. The zero-order valence-electron chi connectivity index (χ0n) is 20.0. The summed E-state index contributed by atoms with van der Waals surface area (Å²) in [6.07, 6.45) is 1.18. The van der Waals surface area contributed by atoms with Crippen molar-refractivity contribution >= 4 is 25.7 Å². The summed E-state index contributed by atoms with van der Waals surface area (Å²) in [5.41, 5.74) is -0.113. The predicted molar refractivity (Wildman–Crippen MR) is 130 cm³/mol. The average molecular weight is 500 g/mol. The van der Waals surface area contributed by atoms with E-state index in [-0.39, 0.29) is 15.5 Å². The maximum absolute atomic E-state index is 15.0. The summed E-state index contributed by atoms with van der Waals surface area (Å²) in [4.78, 5) is 1.86. The summed E-state index contributed by atoms with van der Waals surface area (Å²) in [6.45, 7) is 11.5. The highest BCUT2D eigenvalue weighted by atomic mass is 32.2. The first kappa shape index (κ1) is 27.2. The van der Waals surface area contributed by atoms with Gasteiger partial charge in [0.15, 0.2) is 0 Å². The van der Waals surface area contributed by atoms with E-state index in [1.807, 2.05) is 25.7 Å². The monoisotopic (exact) mass is 499 g/mol. The molecule has 0 fully saturated rings. The molecule has 2 aromatic rings. The van der Waals surface area contributed by atoms with Crippen molar-refractivity contribution < 1.29 is 21.2 Å². The van der Waals surface area contributed by atoms with Gasteiger partial charge < -0.3 is 4.90 Å². The highest BCUT2D eigenvalue weighted by Gasteiger charge is 2.29. The van der Waals surface area contributed by atoms with Crippen LogP contribution < -0.4 is 14.8 Å². The van der Waals surface area contributed by atoms with Crippen LogP contribution in [0, 0.1) is 5.82 Å². The second-order valence-corrected chi connectivity index (χ2v) is 13.0. The minimum atomic E-state index is -3.84.